The Morgan fingerprint density at radius 2 is 2.15 bits per heavy atom. The van der Waals surface area contributed by atoms with Crippen LogP contribution >= 0.6 is 0 Å². The number of nitrogens with zero attached hydrogens (tertiary/aromatic N) is 2. The molecule has 1 aromatic heterocycles. The predicted octanol–water partition coefficient (Wildman–Crippen LogP) is 1.44. The number of hydrogen-bond donors (Lipinski definition) is 2. The van der Waals surface area contributed by atoms with Gasteiger partial charge in [0.15, 0.2) is 0 Å². The molecule has 0 spiro atoms. The van der Waals surface area contributed by atoms with Gasteiger partial charge in [-0.2, -0.15) is 0 Å². The molecule has 0 radical (unpaired) electrons. The van der Waals surface area contributed by atoms with Gasteiger partial charge in [-0.1, -0.05) is 6.42 Å². The number of pyridine rings is 1. The van der Waals surface area contributed by atoms with Crippen LogP contribution in [0.4, 0.5) is 0 Å². The zero-order valence-corrected chi connectivity index (χ0v) is 12.5. The van der Waals surface area contributed by atoms with Gasteiger partial charge in [0.1, 0.15) is 0 Å². The van der Waals surface area contributed by atoms with Crippen LogP contribution < -0.4 is 5.73 Å². The molecule has 0 aliphatic heterocycles. The van der Waals surface area contributed by atoms with Gasteiger partial charge in [0.05, 0.1) is 5.60 Å². The summed E-state index contributed by atoms with van der Waals surface area (Å²) in [7, 11) is 2.15. The Labute approximate surface area is 122 Å². The third-order valence-electron chi connectivity index (χ3n) is 4.67. The first kappa shape index (κ1) is 15.4. The first-order chi connectivity index (χ1) is 9.64. The Morgan fingerprint density at radius 3 is 2.85 bits per heavy atom. The van der Waals surface area contributed by atoms with Crippen molar-refractivity contribution in [3.8, 4) is 0 Å². The fraction of sp³-hybridized carbons (Fsp3) is 0.688. The third kappa shape index (κ3) is 4.01. The van der Waals surface area contributed by atoms with Crippen molar-refractivity contribution >= 4 is 0 Å². The van der Waals surface area contributed by atoms with Gasteiger partial charge >= 0.3 is 0 Å². The Balaban J connectivity index is 1.71. The maximum Gasteiger partial charge on any atom is 0.0797 e. The average Bonchev–Trinajstić information content (AvgIpc) is 2.86. The number of rotatable bonds is 7. The van der Waals surface area contributed by atoms with E-state index in [4.69, 9.17) is 5.73 Å². The van der Waals surface area contributed by atoms with Crippen LogP contribution in [0.1, 0.15) is 31.2 Å². The molecule has 0 amide bonds. The number of aromatic nitrogens is 1. The summed E-state index contributed by atoms with van der Waals surface area (Å²) >= 11 is 0. The van der Waals surface area contributed by atoms with E-state index in [1.807, 2.05) is 12.4 Å². The first-order valence-corrected chi connectivity index (χ1v) is 7.64. The van der Waals surface area contributed by atoms with Crippen LogP contribution in [0.2, 0.25) is 0 Å². The van der Waals surface area contributed by atoms with E-state index in [2.05, 4.69) is 29.1 Å². The zero-order chi connectivity index (χ0) is 14.4. The molecular formula is C16H27N3O. The molecule has 0 saturated heterocycles. The van der Waals surface area contributed by atoms with Crippen LogP contribution in [0.5, 0.6) is 0 Å². The van der Waals surface area contributed by atoms with E-state index in [9.17, 15) is 5.11 Å². The fourth-order valence-corrected chi connectivity index (χ4v) is 3.17. The maximum absolute atomic E-state index is 10.4. The molecule has 1 saturated carbocycles. The number of likely N-dealkylation sites (N-methyl/N-ethyl adjacent to an activating group) is 1. The lowest BCUT2D eigenvalue weighted by Gasteiger charge is -2.30. The smallest absolute Gasteiger partial charge is 0.0797 e. The Hall–Kier alpha value is -0.970. The molecule has 1 heterocycles. The second kappa shape index (κ2) is 7.16. The van der Waals surface area contributed by atoms with Gasteiger partial charge < -0.3 is 15.7 Å². The second-order valence-corrected chi connectivity index (χ2v) is 6.09. The van der Waals surface area contributed by atoms with Crippen molar-refractivity contribution in [1.29, 1.82) is 0 Å². The van der Waals surface area contributed by atoms with Crippen LogP contribution in [0, 0.1) is 5.92 Å². The highest BCUT2D eigenvalue weighted by Gasteiger charge is 2.39. The normalized spacial score (nSPS) is 26.3. The SMILES string of the molecule is CN(CCc1ccncc1)CCC1CCCC1(O)CN. The van der Waals surface area contributed by atoms with Gasteiger partial charge in [0, 0.05) is 25.5 Å². The van der Waals surface area contributed by atoms with Crippen LogP contribution in [0.3, 0.4) is 0 Å². The minimum Gasteiger partial charge on any atom is -0.388 e. The van der Waals surface area contributed by atoms with Gasteiger partial charge in [-0.15, -0.1) is 0 Å². The quantitative estimate of drug-likeness (QED) is 0.791. The van der Waals surface area contributed by atoms with E-state index in [1.54, 1.807) is 0 Å². The van der Waals surface area contributed by atoms with Crippen molar-refractivity contribution in [2.24, 2.45) is 11.7 Å². The molecule has 1 aromatic rings. The van der Waals surface area contributed by atoms with Gasteiger partial charge in [0.2, 0.25) is 0 Å². The summed E-state index contributed by atoms with van der Waals surface area (Å²) < 4.78 is 0. The molecule has 0 aromatic carbocycles. The summed E-state index contributed by atoms with van der Waals surface area (Å²) in [6, 6.07) is 4.13. The van der Waals surface area contributed by atoms with Crippen molar-refractivity contribution < 1.29 is 5.11 Å². The minimum absolute atomic E-state index is 0.371. The molecule has 0 bridgehead atoms. The summed E-state index contributed by atoms with van der Waals surface area (Å²) in [4.78, 5) is 6.38. The van der Waals surface area contributed by atoms with E-state index < -0.39 is 5.60 Å². The molecule has 2 atom stereocenters. The lowest BCUT2D eigenvalue weighted by Crippen LogP contribution is -2.42. The predicted molar refractivity (Wildman–Crippen MR) is 81.4 cm³/mol. The highest BCUT2D eigenvalue weighted by molar-refractivity contribution is 5.09. The molecule has 2 rings (SSSR count). The average molecular weight is 277 g/mol. The van der Waals surface area contributed by atoms with Crippen LogP contribution in [0.25, 0.3) is 0 Å². The van der Waals surface area contributed by atoms with Gasteiger partial charge in [-0.3, -0.25) is 4.98 Å². The Morgan fingerprint density at radius 1 is 1.40 bits per heavy atom. The summed E-state index contributed by atoms with van der Waals surface area (Å²) in [6.07, 6.45) is 8.87. The van der Waals surface area contributed by atoms with Gasteiger partial charge in [-0.25, -0.2) is 0 Å². The van der Waals surface area contributed by atoms with E-state index in [0.717, 1.165) is 45.2 Å². The topological polar surface area (TPSA) is 62.4 Å². The molecule has 2 unspecified atom stereocenters. The summed E-state index contributed by atoms with van der Waals surface area (Å²) in [6.45, 7) is 2.47. The summed E-state index contributed by atoms with van der Waals surface area (Å²) in [5.74, 6) is 0.371. The Kier molecular flexibility index (Phi) is 5.52. The fourth-order valence-electron chi connectivity index (χ4n) is 3.17. The van der Waals surface area contributed by atoms with Crippen LogP contribution in [-0.2, 0) is 6.42 Å². The Bertz CT molecular complexity index is 398. The molecule has 4 nitrogen and oxygen atoms in total. The number of hydrogen-bond acceptors (Lipinski definition) is 4. The second-order valence-electron chi connectivity index (χ2n) is 6.09. The van der Waals surface area contributed by atoms with Crippen LogP contribution in [-0.4, -0.2) is 47.3 Å². The van der Waals surface area contributed by atoms with Crippen molar-refractivity contribution in [3.63, 3.8) is 0 Å². The van der Waals surface area contributed by atoms with Crippen molar-refractivity contribution in [1.82, 2.24) is 9.88 Å². The lowest BCUT2D eigenvalue weighted by molar-refractivity contribution is 0.00538. The van der Waals surface area contributed by atoms with Crippen molar-refractivity contribution in [3.05, 3.63) is 30.1 Å². The standard InChI is InChI=1S/C16H27N3O/c1-19(11-6-14-4-9-18-10-5-14)12-7-15-3-2-8-16(15,20)13-17/h4-5,9-10,15,20H,2-3,6-8,11-13,17H2,1H3. The summed E-state index contributed by atoms with van der Waals surface area (Å²) in [5, 5.41) is 10.4. The van der Waals surface area contributed by atoms with E-state index >= 15 is 0 Å². The largest absolute Gasteiger partial charge is 0.388 e. The van der Waals surface area contributed by atoms with Crippen LogP contribution in [0.15, 0.2) is 24.5 Å². The van der Waals surface area contributed by atoms with E-state index in [-0.39, 0.29) is 0 Å². The summed E-state index contributed by atoms with van der Waals surface area (Å²) in [5.41, 5.74) is 6.45. The molecule has 20 heavy (non-hydrogen) atoms. The number of nitrogens with two attached hydrogens (primary N) is 1. The maximum atomic E-state index is 10.4. The monoisotopic (exact) mass is 277 g/mol. The minimum atomic E-state index is -0.605. The molecule has 3 N–H and O–H groups in total. The third-order valence-corrected chi connectivity index (χ3v) is 4.67. The molecule has 4 heteroatoms. The molecule has 112 valence electrons. The molecular weight excluding hydrogens is 250 g/mol. The van der Waals surface area contributed by atoms with Crippen molar-refractivity contribution in [2.75, 3.05) is 26.7 Å². The number of aliphatic hydroxyl groups is 1. The molecule has 1 aliphatic carbocycles. The highest BCUT2D eigenvalue weighted by Crippen LogP contribution is 2.37. The molecule has 1 aliphatic rings. The van der Waals surface area contributed by atoms with E-state index in [0.29, 0.717) is 12.5 Å². The van der Waals surface area contributed by atoms with Gasteiger partial charge in [-0.05, 0) is 62.9 Å². The highest BCUT2D eigenvalue weighted by atomic mass is 16.3. The van der Waals surface area contributed by atoms with Gasteiger partial charge in [0.25, 0.3) is 0 Å². The first-order valence-electron chi connectivity index (χ1n) is 7.64. The van der Waals surface area contributed by atoms with E-state index in [1.165, 1.54) is 5.56 Å². The molecule has 1 fully saturated rings. The van der Waals surface area contributed by atoms with Crippen molar-refractivity contribution in [2.45, 2.75) is 37.7 Å². The zero-order valence-electron chi connectivity index (χ0n) is 12.5. The lowest BCUT2D eigenvalue weighted by atomic mass is 9.88.